The third-order valence-electron chi connectivity index (χ3n) is 5.35. The van der Waals surface area contributed by atoms with Crippen LogP contribution >= 0.6 is 23.2 Å². The molecule has 0 spiro atoms. The predicted octanol–water partition coefficient (Wildman–Crippen LogP) is 4.23. The number of aliphatic hydroxyl groups excluding tert-OH is 2. The Bertz CT molecular complexity index is 1410. The zero-order valence-corrected chi connectivity index (χ0v) is 20.2. The van der Waals surface area contributed by atoms with Gasteiger partial charge < -0.3 is 10.2 Å². The van der Waals surface area contributed by atoms with Crippen molar-refractivity contribution < 1.29 is 23.4 Å². The molecule has 0 saturated heterocycles. The van der Waals surface area contributed by atoms with E-state index in [0.717, 1.165) is 9.13 Å². The van der Waals surface area contributed by atoms with E-state index in [1.165, 1.54) is 29.9 Å². The Morgan fingerprint density at radius 3 is 2.14 bits per heavy atom. The summed E-state index contributed by atoms with van der Waals surface area (Å²) in [6.45, 7) is 0.299. The van der Waals surface area contributed by atoms with E-state index in [0.29, 0.717) is 21.3 Å². The Morgan fingerprint density at radius 2 is 1.58 bits per heavy atom. The van der Waals surface area contributed by atoms with Crippen LogP contribution in [0.4, 0.5) is 13.2 Å². The minimum absolute atomic E-state index is 0.138. The van der Waals surface area contributed by atoms with E-state index >= 15 is 0 Å². The van der Waals surface area contributed by atoms with E-state index in [9.17, 15) is 28.2 Å². The van der Waals surface area contributed by atoms with E-state index in [1.54, 1.807) is 36.4 Å². The van der Waals surface area contributed by atoms with Gasteiger partial charge in [0, 0.05) is 16.2 Å². The Kier molecular flexibility index (Phi) is 7.28. The number of aliphatic hydroxyl groups is 2. The lowest BCUT2D eigenvalue weighted by Crippen LogP contribution is -2.37. The first kappa shape index (κ1) is 26.0. The number of imidazole rings is 1. The van der Waals surface area contributed by atoms with Crippen LogP contribution in [-0.2, 0) is 13.1 Å². The van der Waals surface area contributed by atoms with Gasteiger partial charge >= 0.3 is 11.9 Å². The molecular weight excluding hydrogens is 522 g/mol. The highest BCUT2D eigenvalue weighted by molar-refractivity contribution is 6.30. The highest BCUT2D eigenvalue weighted by Gasteiger charge is 2.39. The monoisotopic (exact) mass is 541 g/mol. The SMILES string of the molecule is C[C@H](O)c1nc(Cn2cc(-c3ccc(Cl)cc3)n(C[C@H](O)C(F)(F)F)c2=O)nn1-c1ccc(Cl)cc1. The highest BCUT2D eigenvalue weighted by Crippen LogP contribution is 2.25. The first-order valence-electron chi connectivity index (χ1n) is 10.6. The van der Waals surface area contributed by atoms with Crippen LogP contribution < -0.4 is 5.69 Å². The number of hydrogen-bond donors (Lipinski definition) is 2. The fraction of sp³-hybridized carbons (Fsp3) is 0.261. The Labute approximate surface area is 212 Å². The average molecular weight is 542 g/mol. The average Bonchev–Trinajstić information content (AvgIpc) is 3.37. The summed E-state index contributed by atoms with van der Waals surface area (Å²) in [5.41, 5.74) is 0.334. The van der Waals surface area contributed by atoms with Crippen molar-refractivity contribution in [2.75, 3.05) is 0 Å². The van der Waals surface area contributed by atoms with Crippen molar-refractivity contribution in [2.45, 2.75) is 38.4 Å². The molecule has 190 valence electrons. The summed E-state index contributed by atoms with van der Waals surface area (Å²) < 4.78 is 42.6. The van der Waals surface area contributed by atoms with Gasteiger partial charge in [-0.05, 0) is 48.9 Å². The van der Waals surface area contributed by atoms with Gasteiger partial charge in [0.25, 0.3) is 0 Å². The maximum absolute atomic E-state index is 13.1. The maximum Gasteiger partial charge on any atom is 0.416 e. The molecule has 2 heterocycles. The number of aromatic nitrogens is 5. The van der Waals surface area contributed by atoms with Crippen molar-refractivity contribution >= 4 is 23.2 Å². The molecule has 0 aliphatic heterocycles. The number of alkyl halides is 3. The minimum Gasteiger partial charge on any atom is -0.385 e. The summed E-state index contributed by atoms with van der Waals surface area (Å²) in [4.78, 5) is 17.4. The quantitative estimate of drug-likeness (QED) is 0.365. The van der Waals surface area contributed by atoms with Crippen molar-refractivity contribution in [1.82, 2.24) is 23.9 Å². The molecule has 36 heavy (non-hydrogen) atoms. The molecule has 0 aliphatic carbocycles. The second kappa shape index (κ2) is 10.1. The number of halogens is 5. The Morgan fingerprint density at radius 1 is 1.00 bits per heavy atom. The van der Waals surface area contributed by atoms with Gasteiger partial charge in [-0.3, -0.25) is 9.13 Å². The zero-order valence-electron chi connectivity index (χ0n) is 18.7. The normalized spacial score (nSPS) is 13.7. The van der Waals surface area contributed by atoms with Crippen LogP contribution in [0.15, 0.2) is 59.5 Å². The van der Waals surface area contributed by atoms with Gasteiger partial charge in [0.05, 0.1) is 24.5 Å². The predicted molar refractivity (Wildman–Crippen MR) is 127 cm³/mol. The minimum atomic E-state index is -4.91. The van der Waals surface area contributed by atoms with Crippen LogP contribution in [0.2, 0.25) is 10.0 Å². The lowest BCUT2D eigenvalue weighted by molar-refractivity contribution is -0.207. The van der Waals surface area contributed by atoms with E-state index in [1.807, 2.05) is 0 Å². The third kappa shape index (κ3) is 5.49. The largest absolute Gasteiger partial charge is 0.416 e. The molecule has 2 atom stereocenters. The number of nitrogens with zero attached hydrogens (tertiary/aromatic N) is 5. The molecular formula is C23H20Cl2F3N5O3. The summed E-state index contributed by atoms with van der Waals surface area (Å²) in [6.07, 6.45) is -7.31. The highest BCUT2D eigenvalue weighted by atomic mass is 35.5. The van der Waals surface area contributed by atoms with Gasteiger partial charge in [-0.1, -0.05) is 35.3 Å². The topological polar surface area (TPSA) is 98.1 Å². The van der Waals surface area contributed by atoms with Crippen molar-refractivity contribution in [3.63, 3.8) is 0 Å². The first-order chi connectivity index (χ1) is 16.9. The molecule has 8 nitrogen and oxygen atoms in total. The van der Waals surface area contributed by atoms with Crippen LogP contribution in [0.5, 0.6) is 0 Å². The van der Waals surface area contributed by atoms with E-state index in [4.69, 9.17) is 23.2 Å². The number of benzene rings is 2. The molecule has 0 saturated carbocycles. The molecule has 0 amide bonds. The first-order valence-corrected chi connectivity index (χ1v) is 11.4. The lowest BCUT2D eigenvalue weighted by Gasteiger charge is -2.16. The van der Waals surface area contributed by atoms with E-state index in [2.05, 4.69) is 10.1 Å². The standard InChI is InChI=1S/C23H20Cl2F3N5O3/c1-13(34)21-29-20(30-33(21)17-8-6-16(25)7-9-17)12-31-10-18(14-2-4-15(24)5-3-14)32(22(31)36)11-19(35)23(26,27)28/h2-10,13,19,34-35H,11-12H2,1H3/t13-,19-/m0/s1. The van der Waals surface area contributed by atoms with Gasteiger partial charge in [0.1, 0.15) is 6.10 Å². The fourth-order valence-corrected chi connectivity index (χ4v) is 3.83. The molecule has 0 bridgehead atoms. The smallest absolute Gasteiger partial charge is 0.385 e. The summed E-state index contributed by atoms with van der Waals surface area (Å²) in [5, 5.41) is 25.1. The number of hydrogen-bond acceptors (Lipinski definition) is 5. The number of rotatable bonds is 7. The Hall–Kier alpha value is -3.12. The molecule has 2 aromatic carbocycles. The molecule has 0 fully saturated rings. The van der Waals surface area contributed by atoms with Crippen molar-refractivity contribution in [3.05, 3.63) is 86.9 Å². The molecule has 2 N–H and O–H groups in total. The van der Waals surface area contributed by atoms with Crippen molar-refractivity contribution in [1.29, 1.82) is 0 Å². The summed E-state index contributed by atoms with van der Waals surface area (Å²) in [5.74, 6) is 0.337. The molecule has 4 rings (SSSR count). The van der Waals surface area contributed by atoms with Crippen molar-refractivity contribution in [3.8, 4) is 16.9 Å². The molecule has 0 aliphatic rings. The van der Waals surface area contributed by atoms with Crippen molar-refractivity contribution in [2.24, 2.45) is 0 Å². The van der Waals surface area contributed by atoms with Crippen LogP contribution in [0.1, 0.15) is 24.7 Å². The van der Waals surface area contributed by atoms with Crippen LogP contribution in [0.3, 0.4) is 0 Å². The summed E-state index contributed by atoms with van der Waals surface area (Å²) in [7, 11) is 0. The van der Waals surface area contributed by atoms with Gasteiger partial charge in [0.15, 0.2) is 17.8 Å². The van der Waals surface area contributed by atoms with Gasteiger partial charge in [-0.15, -0.1) is 5.10 Å². The van der Waals surface area contributed by atoms with Gasteiger partial charge in [0.2, 0.25) is 0 Å². The third-order valence-corrected chi connectivity index (χ3v) is 5.86. The van der Waals surface area contributed by atoms with E-state index < -0.39 is 30.6 Å². The maximum atomic E-state index is 13.1. The van der Waals surface area contributed by atoms with Gasteiger partial charge in [-0.25, -0.2) is 14.5 Å². The second-order valence-corrected chi connectivity index (χ2v) is 8.92. The molecule has 4 aromatic rings. The molecule has 0 unspecified atom stereocenters. The van der Waals surface area contributed by atoms with Crippen LogP contribution in [-0.4, -0.2) is 46.4 Å². The molecule has 0 radical (unpaired) electrons. The summed E-state index contributed by atoms with van der Waals surface area (Å²) >= 11 is 11.9. The fourth-order valence-electron chi connectivity index (χ4n) is 3.58. The van der Waals surface area contributed by atoms with Crippen LogP contribution in [0.25, 0.3) is 16.9 Å². The zero-order chi connectivity index (χ0) is 26.2. The Balaban J connectivity index is 1.76. The molecule has 2 aromatic heterocycles. The van der Waals surface area contributed by atoms with E-state index in [-0.39, 0.29) is 23.9 Å². The lowest BCUT2D eigenvalue weighted by atomic mass is 10.1. The van der Waals surface area contributed by atoms with Gasteiger partial charge in [-0.2, -0.15) is 13.2 Å². The second-order valence-electron chi connectivity index (χ2n) is 8.05. The molecule has 13 heteroatoms. The summed E-state index contributed by atoms with van der Waals surface area (Å²) in [6, 6.07) is 12.8. The van der Waals surface area contributed by atoms with Crippen LogP contribution in [0, 0.1) is 0 Å².